The van der Waals surface area contributed by atoms with Gasteiger partial charge in [0, 0.05) is 16.5 Å². The average Bonchev–Trinajstić information content (AvgIpc) is 3.20. The van der Waals surface area contributed by atoms with Gasteiger partial charge in [0.15, 0.2) is 16.7 Å². The van der Waals surface area contributed by atoms with Crippen molar-refractivity contribution in [2.75, 3.05) is 12.4 Å². The number of carbonyl (C=O) groups excluding carboxylic acids is 2. The first-order valence-electron chi connectivity index (χ1n) is 9.45. The fourth-order valence-electron chi connectivity index (χ4n) is 2.83. The summed E-state index contributed by atoms with van der Waals surface area (Å²) in [4.78, 5) is 29.5. The van der Waals surface area contributed by atoms with E-state index in [9.17, 15) is 18.4 Å². The van der Waals surface area contributed by atoms with Gasteiger partial charge in [0.05, 0.1) is 12.8 Å². The van der Waals surface area contributed by atoms with Gasteiger partial charge < -0.3 is 15.4 Å². The number of hydrogen-bond acceptors (Lipinski definition) is 5. The topological polar surface area (TPSA) is 80.3 Å². The molecule has 0 spiro atoms. The van der Waals surface area contributed by atoms with E-state index in [1.54, 1.807) is 25.3 Å². The van der Waals surface area contributed by atoms with Crippen molar-refractivity contribution in [2.24, 2.45) is 5.92 Å². The van der Waals surface area contributed by atoms with E-state index >= 15 is 0 Å². The molecule has 31 heavy (non-hydrogen) atoms. The molecule has 0 bridgehead atoms. The van der Waals surface area contributed by atoms with Gasteiger partial charge in [-0.2, -0.15) is 0 Å². The van der Waals surface area contributed by atoms with E-state index in [1.807, 2.05) is 0 Å². The predicted molar refractivity (Wildman–Crippen MR) is 115 cm³/mol. The molecule has 0 fully saturated rings. The first kappa shape index (κ1) is 22.4. The summed E-state index contributed by atoms with van der Waals surface area (Å²) in [7, 11) is 1.38. The minimum Gasteiger partial charge on any atom is -0.494 e. The molecule has 0 radical (unpaired) electrons. The van der Waals surface area contributed by atoms with Crippen LogP contribution in [0, 0.1) is 17.6 Å². The zero-order valence-electron chi connectivity index (χ0n) is 17.1. The summed E-state index contributed by atoms with van der Waals surface area (Å²) in [5, 5.41) is 7.37. The van der Waals surface area contributed by atoms with Crippen molar-refractivity contribution in [3.05, 3.63) is 65.0 Å². The second-order valence-electron chi connectivity index (χ2n) is 7.08. The standard InChI is InChI=1S/C22H21F2N3O3S/c1-12(2)19(26-20(28)13-4-7-15(23)8-5-13)21(29)27-22-25-17(11-31-22)14-6-9-18(30-3)16(24)10-14/h4-12,19H,1-3H3,(H,26,28)(H,25,27,29). The number of ether oxygens (including phenoxy) is 1. The Hall–Kier alpha value is -3.33. The highest BCUT2D eigenvalue weighted by Crippen LogP contribution is 2.28. The maximum absolute atomic E-state index is 14.0. The van der Waals surface area contributed by atoms with E-state index < -0.39 is 29.5 Å². The highest BCUT2D eigenvalue weighted by atomic mass is 32.1. The largest absolute Gasteiger partial charge is 0.494 e. The summed E-state index contributed by atoms with van der Waals surface area (Å²) in [5.74, 6) is -1.97. The van der Waals surface area contributed by atoms with Gasteiger partial charge in [0.25, 0.3) is 5.91 Å². The maximum atomic E-state index is 14.0. The van der Waals surface area contributed by atoms with E-state index in [-0.39, 0.29) is 17.2 Å². The predicted octanol–water partition coefficient (Wildman–Crippen LogP) is 4.49. The van der Waals surface area contributed by atoms with E-state index in [0.29, 0.717) is 16.4 Å². The number of aromatic nitrogens is 1. The average molecular weight is 445 g/mol. The Morgan fingerprint density at radius 3 is 2.42 bits per heavy atom. The molecule has 0 aliphatic heterocycles. The first-order chi connectivity index (χ1) is 14.8. The van der Waals surface area contributed by atoms with Gasteiger partial charge in [-0.25, -0.2) is 13.8 Å². The van der Waals surface area contributed by atoms with Gasteiger partial charge in [-0.1, -0.05) is 13.8 Å². The SMILES string of the molecule is COc1ccc(-c2csc(NC(=O)C(NC(=O)c3ccc(F)cc3)C(C)C)n2)cc1F. The third-order valence-electron chi connectivity index (χ3n) is 4.52. The third kappa shape index (κ3) is 5.43. The number of nitrogens with zero attached hydrogens (tertiary/aromatic N) is 1. The van der Waals surface area contributed by atoms with Gasteiger partial charge in [-0.3, -0.25) is 9.59 Å². The van der Waals surface area contributed by atoms with Crippen LogP contribution < -0.4 is 15.4 Å². The van der Waals surface area contributed by atoms with E-state index in [1.165, 1.54) is 54.8 Å². The monoisotopic (exact) mass is 445 g/mol. The van der Waals surface area contributed by atoms with Crippen molar-refractivity contribution in [3.8, 4) is 17.0 Å². The van der Waals surface area contributed by atoms with Crippen LogP contribution in [0.1, 0.15) is 24.2 Å². The lowest BCUT2D eigenvalue weighted by atomic mass is 10.0. The maximum Gasteiger partial charge on any atom is 0.251 e. The van der Waals surface area contributed by atoms with Crippen molar-refractivity contribution < 1.29 is 23.1 Å². The van der Waals surface area contributed by atoms with Gasteiger partial charge >= 0.3 is 0 Å². The summed E-state index contributed by atoms with van der Waals surface area (Å²) >= 11 is 1.18. The van der Waals surface area contributed by atoms with Crippen LogP contribution in [0.15, 0.2) is 47.8 Å². The van der Waals surface area contributed by atoms with Gasteiger partial charge in [0.2, 0.25) is 5.91 Å². The number of nitrogens with one attached hydrogen (secondary N) is 2. The van der Waals surface area contributed by atoms with Crippen molar-refractivity contribution >= 4 is 28.3 Å². The molecule has 2 amide bonds. The molecule has 0 saturated carbocycles. The van der Waals surface area contributed by atoms with Crippen molar-refractivity contribution in [2.45, 2.75) is 19.9 Å². The Bertz CT molecular complexity index is 1080. The molecule has 1 aromatic heterocycles. The molecule has 0 aliphatic rings. The number of rotatable bonds is 7. The number of halogens is 2. The molecule has 2 aromatic carbocycles. The number of hydrogen-bond donors (Lipinski definition) is 2. The fraction of sp³-hybridized carbons (Fsp3) is 0.227. The lowest BCUT2D eigenvalue weighted by molar-refractivity contribution is -0.118. The smallest absolute Gasteiger partial charge is 0.251 e. The normalized spacial score (nSPS) is 11.8. The first-order valence-corrected chi connectivity index (χ1v) is 10.3. The molecule has 9 heteroatoms. The second kappa shape index (κ2) is 9.65. The quantitative estimate of drug-likeness (QED) is 0.562. The highest BCUT2D eigenvalue weighted by Gasteiger charge is 2.25. The van der Waals surface area contributed by atoms with Crippen LogP contribution in [0.25, 0.3) is 11.3 Å². The minimum atomic E-state index is -0.830. The Morgan fingerprint density at radius 1 is 1.10 bits per heavy atom. The fourth-order valence-corrected chi connectivity index (χ4v) is 3.56. The molecular formula is C22H21F2N3O3S. The Kier molecular flexibility index (Phi) is 6.96. The summed E-state index contributed by atoms with van der Waals surface area (Å²) in [5.41, 5.74) is 1.29. The number of thiazole rings is 1. The van der Waals surface area contributed by atoms with E-state index in [2.05, 4.69) is 15.6 Å². The number of carbonyl (C=O) groups is 2. The van der Waals surface area contributed by atoms with Gasteiger partial charge in [-0.15, -0.1) is 11.3 Å². The molecule has 0 aliphatic carbocycles. The Balaban J connectivity index is 1.70. The minimum absolute atomic E-state index is 0.129. The molecule has 3 aromatic rings. The van der Waals surface area contributed by atoms with Crippen LogP contribution >= 0.6 is 11.3 Å². The molecule has 1 atom stereocenters. The van der Waals surface area contributed by atoms with Crippen LogP contribution in [0.2, 0.25) is 0 Å². The number of benzene rings is 2. The molecule has 162 valence electrons. The van der Waals surface area contributed by atoms with Gasteiger partial charge in [0.1, 0.15) is 11.9 Å². The van der Waals surface area contributed by atoms with E-state index in [0.717, 1.165) is 0 Å². The van der Waals surface area contributed by atoms with Crippen LogP contribution in [0.4, 0.5) is 13.9 Å². The molecule has 1 heterocycles. The molecule has 3 rings (SSSR count). The van der Waals surface area contributed by atoms with Crippen molar-refractivity contribution in [3.63, 3.8) is 0 Å². The Morgan fingerprint density at radius 2 is 1.81 bits per heavy atom. The van der Waals surface area contributed by atoms with Crippen LogP contribution in [-0.4, -0.2) is 29.9 Å². The van der Waals surface area contributed by atoms with Crippen LogP contribution in [0.3, 0.4) is 0 Å². The zero-order valence-corrected chi connectivity index (χ0v) is 17.9. The van der Waals surface area contributed by atoms with Crippen LogP contribution in [0.5, 0.6) is 5.75 Å². The summed E-state index contributed by atoms with van der Waals surface area (Å²) < 4.78 is 31.9. The molecule has 0 saturated heterocycles. The van der Waals surface area contributed by atoms with Crippen molar-refractivity contribution in [1.29, 1.82) is 0 Å². The second-order valence-corrected chi connectivity index (χ2v) is 7.94. The highest BCUT2D eigenvalue weighted by molar-refractivity contribution is 7.14. The lowest BCUT2D eigenvalue weighted by Gasteiger charge is -2.21. The molecule has 1 unspecified atom stereocenters. The van der Waals surface area contributed by atoms with Gasteiger partial charge in [-0.05, 0) is 48.4 Å². The molecule has 6 nitrogen and oxygen atoms in total. The molecule has 2 N–H and O–H groups in total. The summed E-state index contributed by atoms with van der Waals surface area (Å²) in [6, 6.07) is 8.70. The number of methoxy groups -OCH3 is 1. The molecular weight excluding hydrogens is 424 g/mol. The van der Waals surface area contributed by atoms with E-state index in [4.69, 9.17) is 4.74 Å². The summed E-state index contributed by atoms with van der Waals surface area (Å²) in [6.45, 7) is 3.59. The Labute approximate surface area is 182 Å². The number of amides is 2. The van der Waals surface area contributed by atoms with Crippen LogP contribution in [-0.2, 0) is 4.79 Å². The number of anilines is 1. The zero-order chi connectivity index (χ0) is 22.5. The third-order valence-corrected chi connectivity index (χ3v) is 5.28. The summed E-state index contributed by atoms with van der Waals surface area (Å²) in [6.07, 6.45) is 0. The van der Waals surface area contributed by atoms with Crippen molar-refractivity contribution in [1.82, 2.24) is 10.3 Å². The lowest BCUT2D eigenvalue weighted by Crippen LogP contribution is -2.47.